The number of amides is 5. The number of hydrogen-bond acceptors (Lipinski definition) is 10. The first-order chi connectivity index (χ1) is 29.6. The Hall–Kier alpha value is -6.40. The normalized spacial score (nSPS) is 22.6. The van der Waals surface area contributed by atoms with Crippen molar-refractivity contribution in [3.63, 3.8) is 0 Å². The van der Waals surface area contributed by atoms with E-state index >= 15 is 4.39 Å². The molecule has 15 heteroatoms. The number of pyridine rings is 1. The third kappa shape index (κ3) is 8.12. The number of carbonyl (C=O) groups is 5. The van der Waals surface area contributed by atoms with Crippen LogP contribution in [0.5, 0.6) is 5.75 Å². The number of piperazine rings is 1. The van der Waals surface area contributed by atoms with E-state index in [9.17, 15) is 24.0 Å². The Labute approximate surface area is 352 Å². The van der Waals surface area contributed by atoms with E-state index in [-0.39, 0.29) is 47.7 Å². The van der Waals surface area contributed by atoms with E-state index in [1.54, 1.807) is 12.3 Å². The summed E-state index contributed by atoms with van der Waals surface area (Å²) in [7, 11) is 0. The molecule has 4 aliphatic heterocycles. The number of halogens is 1. The molecule has 5 amide bonds. The van der Waals surface area contributed by atoms with Crippen molar-refractivity contribution in [1.82, 2.24) is 25.4 Å². The Balaban J connectivity index is 0.709. The number of nitrogens with zero attached hydrogens (tertiary/aromatic N) is 6. The van der Waals surface area contributed by atoms with Crippen molar-refractivity contribution in [2.24, 2.45) is 5.92 Å². The lowest BCUT2D eigenvalue weighted by Crippen LogP contribution is -2.54. The number of nitrogens with one attached hydrogen (secondary N) is 2. The highest BCUT2D eigenvalue weighted by Gasteiger charge is 2.45. The Morgan fingerprint density at radius 1 is 0.852 bits per heavy atom. The summed E-state index contributed by atoms with van der Waals surface area (Å²) >= 11 is 0. The predicted molar refractivity (Wildman–Crippen MR) is 225 cm³/mol. The quantitative estimate of drug-likeness (QED) is 0.164. The maximum Gasteiger partial charge on any atom is 0.262 e. The Bertz CT molecular complexity index is 2430. The fourth-order valence-corrected chi connectivity index (χ4v) is 9.55. The van der Waals surface area contributed by atoms with E-state index in [1.807, 2.05) is 47.4 Å². The number of rotatable bonds is 9. The number of anilines is 2. The van der Waals surface area contributed by atoms with Crippen LogP contribution in [-0.4, -0.2) is 108 Å². The van der Waals surface area contributed by atoms with Crippen molar-refractivity contribution < 1.29 is 33.1 Å². The monoisotopic (exact) mass is 826 g/mol. The van der Waals surface area contributed by atoms with Gasteiger partial charge in [-0.2, -0.15) is 0 Å². The van der Waals surface area contributed by atoms with Crippen LogP contribution in [0.15, 0.2) is 66.9 Å². The van der Waals surface area contributed by atoms with Crippen LogP contribution in [0.1, 0.15) is 82.4 Å². The number of carbonyl (C=O) groups excluding carboxylic acids is 5. The van der Waals surface area contributed by atoms with Gasteiger partial charge in [0, 0.05) is 81.1 Å². The molecular weight excluding hydrogens is 780 g/mol. The molecule has 5 heterocycles. The Kier molecular flexibility index (Phi) is 11.1. The molecule has 14 nitrogen and oxygen atoms in total. The maximum atomic E-state index is 15.5. The molecule has 314 valence electrons. The van der Waals surface area contributed by atoms with Crippen molar-refractivity contribution in [1.29, 1.82) is 0 Å². The average Bonchev–Trinajstić information content (AvgIpc) is 3.51. The molecule has 61 heavy (non-hydrogen) atoms. The summed E-state index contributed by atoms with van der Waals surface area (Å²) in [4.78, 5) is 79.2. The highest BCUT2D eigenvalue weighted by molar-refractivity contribution is 6.23. The second-order valence-electron chi connectivity index (χ2n) is 16.7. The molecule has 1 aliphatic carbocycles. The van der Waals surface area contributed by atoms with E-state index < -0.39 is 35.5 Å². The van der Waals surface area contributed by atoms with Gasteiger partial charge in [-0.25, -0.2) is 9.24 Å². The molecule has 1 saturated carbocycles. The van der Waals surface area contributed by atoms with E-state index in [0.29, 0.717) is 35.8 Å². The second-order valence-corrected chi connectivity index (χ2v) is 16.7. The van der Waals surface area contributed by atoms with Gasteiger partial charge in [-0.1, -0.05) is 6.07 Å². The minimum Gasteiger partial charge on any atom is -0.490 e. The van der Waals surface area contributed by atoms with Gasteiger partial charge in [0.2, 0.25) is 17.5 Å². The molecule has 4 fully saturated rings. The van der Waals surface area contributed by atoms with E-state index in [2.05, 4.69) is 30.3 Å². The summed E-state index contributed by atoms with van der Waals surface area (Å²) in [5, 5.41) is 6.25. The molecule has 3 aromatic carbocycles. The van der Waals surface area contributed by atoms with E-state index in [4.69, 9.17) is 11.3 Å². The summed E-state index contributed by atoms with van der Waals surface area (Å²) in [6.07, 6.45) is 7.14. The zero-order chi connectivity index (χ0) is 42.2. The number of aromatic nitrogens is 1. The summed E-state index contributed by atoms with van der Waals surface area (Å²) in [5.74, 6) is -1.91. The molecule has 2 N–H and O–H groups in total. The van der Waals surface area contributed by atoms with Crippen LogP contribution in [0.3, 0.4) is 0 Å². The van der Waals surface area contributed by atoms with E-state index in [0.717, 1.165) is 99.0 Å². The van der Waals surface area contributed by atoms with Crippen molar-refractivity contribution >= 4 is 57.5 Å². The first-order valence-electron chi connectivity index (χ1n) is 21.2. The number of benzene rings is 3. The Morgan fingerprint density at radius 2 is 1.57 bits per heavy atom. The fourth-order valence-electron chi connectivity index (χ4n) is 9.55. The molecule has 0 bridgehead atoms. The zero-order valence-corrected chi connectivity index (χ0v) is 33.8. The topological polar surface area (TPSA) is 149 Å². The molecule has 1 aromatic heterocycles. The lowest BCUT2D eigenvalue weighted by Gasteiger charge is -2.40. The second kappa shape index (κ2) is 16.9. The summed E-state index contributed by atoms with van der Waals surface area (Å²) < 4.78 is 21.8. The van der Waals surface area contributed by atoms with Crippen LogP contribution in [0.4, 0.5) is 21.5 Å². The molecule has 1 unspecified atom stereocenters. The first-order valence-corrected chi connectivity index (χ1v) is 21.2. The lowest BCUT2D eigenvalue weighted by atomic mass is 9.92. The standard InChI is InChI=1S/C46H47FN8O6/c1-48-37-12-14-40(33-3-2-18-49-42(33)37)61-32-10-6-30(7-11-32)50-43(57)29-4-8-31(9-5-29)53-19-16-28(17-20-53)27-52-21-23-54(24-22-52)39-26-35-34(25-36(39)47)45(59)55(46(35)60)38-13-15-41(56)51-44(38)58/h2-5,8-9,12,14,18,25-26,28,30,32,38H,6-7,10-11,13,15-17,19-24,27H2,(H,50,57)(H,51,56,58). The minimum atomic E-state index is -1.10. The van der Waals surface area contributed by atoms with Crippen LogP contribution < -0.4 is 25.2 Å². The fraction of sp³-hybridized carbons (Fsp3) is 0.413. The van der Waals surface area contributed by atoms with Gasteiger partial charge in [-0.3, -0.25) is 44.1 Å². The molecule has 3 saturated heterocycles. The molecule has 1 atom stereocenters. The number of hydrogen-bond donors (Lipinski definition) is 2. The van der Waals surface area contributed by atoms with Gasteiger partial charge in [-0.05, 0) is 105 Å². The van der Waals surface area contributed by atoms with Gasteiger partial charge in [0.05, 0.1) is 35.0 Å². The number of ether oxygens (including phenoxy) is 1. The Morgan fingerprint density at radius 3 is 2.28 bits per heavy atom. The van der Waals surface area contributed by atoms with Crippen LogP contribution in [0, 0.1) is 18.3 Å². The number of imide groups is 2. The van der Waals surface area contributed by atoms with Gasteiger partial charge in [0.15, 0.2) is 0 Å². The van der Waals surface area contributed by atoms with Crippen LogP contribution in [0.25, 0.3) is 15.7 Å². The molecule has 0 spiro atoms. The lowest BCUT2D eigenvalue weighted by molar-refractivity contribution is -0.136. The number of fused-ring (bicyclic) bond motifs is 2. The third-order valence-corrected chi connectivity index (χ3v) is 13.0. The van der Waals surface area contributed by atoms with Gasteiger partial charge < -0.3 is 19.9 Å². The smallest absolute Gasteiger partial charge is 0.262 e. The molecule has 4 aromatic rings. The maximum absolute atomic E-state index is 15.5. The van der Waals surface area contributed by atoms with E-state index in [1.165, 1.54) is 6.07 Å². The van der Waals surface area contributed by atoms with Gasteiger partial charge in [-0.15, -0.1) is 0 Å². The average molecular weight is 827 g/mol. The molecule has 5 aliphatic rings. The highest BCUT2D eigenvalue weighted by Crippen LogP contribution is 2.36. The minimum absolute atomic E-state index is 0.0185. The largest absolute Gasteiger partial charge is 0.490 e. The van der Waals surface area contributed by atoms with Gasteiger partial charge >= 0.3 is 0 Å². The number of piperidine rings is 2. The first kappa shape index (κ1) is 40.0. The predicted octanol–water partition coefficient (Wildman–Crippen LogP) is 5.48. The molecule has 9 rings (SSSR count). The van der Waals surface area contributed by atoms with Crippen molar-refractivity contribution in [2.75, 3.05) is 55.6 Å². The van der Waals surface area contributed by atoms with Gasteiger partial charge in [0.1, 0.15) is 17.6 Å². The van der Waals surface area contributed by atoms with Crippen LogP contribution in [-0.2, 0) is 9.59 Å². The van der Waals surface area contributed by atoms with Gasteiger partial charge in [0.25, 0.3) is 17.7 Å². The SMILES string of the molecule is [C-]#[N+]c1ccc(OC2CCC(NC(=O)c3ccc(N4CCC(CN5CCN(c6cc7c(cc6F)C(=O)N(C6CCC(=O)NC6=O)C7=O)CC5)CC4)cc3)CC2)c2cccnc12. The third-order valence-electron chi connectivity index (χ3n) is 13.0. The summed E-state index contributed by atoms with van der Waals surface area (Å²) in [5.41, 5.74) is 3.19. The highest BCUT2D eigenvalue weighted by atomic mass is 19.1. The van der Waals surface area contributed by atoms with Crippen LogP contribution in [0.2, 0.25) is 0 Å². The summed E-state index contributed by atoms with van der Waals surface area (Å²) in [6, 6.07) is 16.8. The molecular formula is C46H47FN8O6. The van der Waals surface area contributed by atoms with Crippen LogP contribution >= 0.6 is 0 Å². The zero-order valence-electron chi connectivity index (χ0n) is 33.8. The summed E-state index contributed by atoms with van der Waals surface area (Å²) in [6.45, 7) is 12.8. The van der Waals surface area contributed by atoms with Crippen molar-refractivity contribution in [3.8, 4) is 5.75 Å². The molecule has 0 radical (unpaired) electrons. The van der Waals surface area contributed by atoms with Crippen molar-refractivity contribution in [2.45, 2.75) is 69.6 Å². The van der Waals surface area contributed by atoms with Crippen molar-refractivity contribution in [3.05, 3.63) is 101 Å².